The third-order valence-corrected chi connectivity index (χ3v) is 3.98. The topological polar surface area (TPSA) is 60.2 Å². The second kappa shape index (κ2) is 5.06. The maximum absolute atomic E-state index is 5.66. The molecule has 0 amide bonds. The van der Waals surface area contributed by atoms with Gasteiger partial charge in [-0.15, -0.1) is 11.3 Å². The Bertz CT molecular complexity index is 527. The Morgan fingerprint density at radius 2 is 2.44 bits per heavy atom. The zero-order valence-electron chi connectivity index (χ0n) is 9.93. The van der Waals surface area contributed by atoms with Crippen LogP contribution < -0.4 is 16.0 Å². The third kappa shape index (κ3) is 2.25. The number of aromatic nitrogens is 1. The molecule has 18 heavy (non-hydrogen) atoms. The van der Waals surface area contributed by atoms with Crippen LogP contribution in [0, 0.1) is 0 Å². The molecule has 1 aliphatic heterocycles. The molecule has 94 valence electrons. The van der Waals surface area contributed by atoms with Crippen LogP contribution in [0.1, 0.15) is 22.2 Å². The van der Waals surface area contributed by atoms with Crippen LogP contribution in [0.15, 0.2) is 29.8 Å². The third-order valence-electron chi connectivity index (χ3n) is 3.18. The smallest absolute Gasteiger partial charge is 0.122 e. The Balaban J connectivity index is 1.83. The van der Waals surface area contributed by atoms with Gasteiger partial charge in [-0.05, 0) is 17.2 Å². The van der Waals surface area contributed by atoms with Gasteiger partial charge in [-0.1, -0.05) is 12.1 Å². The van der Waals surface area contributed by atoms with Gasteiger partial charge in [-0.2, -0.15) is 0 Å². The summed E-state index contributed by atoms with van der Waals surface area (Å²) < 4.78 is 5.51. The van der Waals surface area contributed by atoms with Gasteiger partial charge in [0.25, 0.3) is 0 Å². The molecule has 2 aromatic rings. The molecule has 3 rings (SSSR count). The molecule has 5 heteroatoms. The van der Waals surface area contributed by atoms with Gasteiger partial charge in [0, 0.05) is 24.4 Å². The number of nitrogens with two attached hydrogens (primary N) is 1. The predicted octanol–water partition coefficient (Wildman–Crippen LogP) is 1.83. The van der Waals surface area contributed by atoms with Gasteiger partial charge < -0.3 is 4.74 Å². The van der Waals surface area contributed by atoms with Gasteiger partial charge in [-0.3, -0.25) is 11.3 Å². The van der Waals surface area contributed by atoms with Crippen LogP contribution >= 0.6 is 11.3 Å². The zero-order chi connectivity index (χ0) is 12.4. The van der Waals surface area contributed by atoms with Gasteiger partial charge in [-0.25, -0.2) is 4.98 Å². The summed E-state index contributed by atoms with van der Waals surface area (Å²) in [6.45, 7) is 0.784. The highest BCUT2D eigenvalue weighted by Gasteiger charge is 2.17. The minimum Gasteiger partial charge on any atom is -0.493 e. The van der Waals surface area contributed by atoms with E-state index in [-0.39, 0.29) is 6.04 Å². The molecular weight excluding hydrogens is 246 g/mol. The lowest BCUT2D eigenvalue weighted by molar-refractivity contribution is 0.356. The first-order valence-electron chi connectivity index (χ1n) is 5.97. The maximum Gasteiger partial charge on any atom is 0.122 e. The first-order chi connectivity index (χ1) is 8.86. The van der Waals surface area contributed by atoms with Crippen molar-refractivity contribution in [2.24, 2.45) is 5.84 Å². The number of benzene rings is 1. The summed E-state index contributed by atoms with van der Waals surface area (Å²) >= 11 is 1.66. The Morgan fingerprint density at radius 3 is 3.22 bits per heavy atom. The van der Waals surface area contributed by atoms with E-state index in [0.717, 1.165) is 30.2 Å². The van der Waals surface area contributed by atoms with E-state index in [2.05, 4.69) is 22.5 Å². The van der Waals surface area contributed by atoms with Gasteiger partial charge in [0.2, 0.25) is 0 Å². The largest absolute Gasteiger partial charge is 0.493 e. The summed E-state index contributed by atoms with van der Waals surface area (Å²) in [5.41, 5.74) is 5.34. The van der Waals surface area contributed by atoms with Crippen molar-refractivity contribution in [1.82, 2.24) is 10.4 Å². The summed E-state index contributed by atoms with van der Waals surface area (Å²) in [5, 5.41) is 3.08. The minimum absolute atomic E-state index is 0.0991. The maximum atomic E-state index is 5.66. The summed E-state index contributed by atoms with van der Waals surface area (Å²) in [6.07, 6.45) is 3.62. The SMILES string of the molecule is NNC(Cc1nccs1)c1ccc2c(c1)CCO2. The number of thiazole rings is 1. The van der Waals surface area contributed by atoms with Crippen LogP contribution in [-0.4, -0.2) is 11.6 Å². The first-order valence-corrected chi connectivity index (χ1v) is 6.85. The van der Waals surface area contributed by atoms with Crippen LogP contribution in [0.25, 0.3) is 0 Å². The Hall–Kier alpha value is -1.43. The molecule has 1 atom stereocenters. The number of hydrazine groups is 1. The Kier molecular flexibility index (Phi) is 3.27. The van der Waals surface area contributed by atoms with E-state index in [9.17, 15) is 0 Å². The Morgan fingerprint density at radius 1 is 1.50 bits per heavy atom. The molecule has 1 unspecified atom stereocenters. The van der Waals surface area contributed by atoms with E-state index in [4.69, 9.17) is 10.6 Å². The molecule has 0 saturated carbocycles. The van der Waals surface area contributed by atoms with E-state index >= 15 is 0 Å². The molecule has 0 bridgehead atoms. The molecule has 0 saturated heterocycles. The highest BCUT2D eigenvalue weighted by molar-refractivity contribution is 7.09. The number of rotatable bonds is 4. The van der Waals surface area contributed by atoms with Crippen molar-refractivity contribution in [2.75, 3.05) is 6.61 Å². The summed E-state index contributed by atoms with van der Waals surface area (Å²) in [7, 11) is 0. The molecule has 2 heterocycles. The number of fused-ring (bicyclic) bond motifs is 1. The van der Waals surface area contributed by atoms with Crippen molar-refractivity contribution in [3.05, 3.63) is 45.9 Å². The molecule has 4 nitrogen and oxygen atoms in total. The fourth-order valence-corrected chi connectivity index (χ4v) is 2.89. The summed E-state index contributed by atoms with van der Waals surface area (Å²) in [5.74, 6) is 6.67. The van der Waals surface area contributed by atoms with Crippen molar-refractivity contribution in [2.45, 2.75) is 18.9 Å². The van der Waals surface area contributed by atoms with Gasteiger partial charge in [0.15, 0.2) is 0 Å². The molecule has 0 aliphatic carbocycles. The molecule has 3 N–H and O–H groups in total. The average molecular weight is 261 g/mol. The number of hydrogen-bond donors (Lipinski definition) is 2. The summed E-state index contributed by atoms with van der Waals surface area (Å²) in [4.78, 5) is 4.30. The molecule has 0 radical (unpaired) electrons. The molecule has 1 aromatic carbocycles. The lowest BCUT2D eigenvalue weighted by atomic mass is 10.0. The molecule has 1 aromatic heterocycles. The quantitative estimate of drug-likeness (QED) is 0.651. The molecule has 0 spiro atoms. The second-order valence-electron chi connectivity index (χ2n) is 4.31. The molecule has 1 aliphatic rings. The number of ether oxygens (including phenoxy) is 1. The average Bonchev–Trinajstić information content (AvgIpc) is 3.06. The standard InChI is InChI=1S/C13H15N3OS/c14-16-11(8-13-15-4-6-18-13)9-1-2-12-10(7-9)3-5-17-12/h1-2,4,6-7,11,16H,3,5,8,14H2. The van der Waals surface area contributed by atoms with Crippen molar-refractivity contribution in [3.8, 4) is 5.75 Å². The fourth-order valence-electron chi connectivity index (χ4n) is 2.22. The minimum atomic E-state index is 0.0991. The van der Waals surface area contributed by atoms with Crippen molar-refractivity contribution in [1.29, 1.82) is 0 Å². The van der Waals surface area contributed by atoms with Crippen LogP contribution in [0.3, 0.4) is 0 Å². The van der Waals surface area contributed by atoms with Crippen LogP contribution in [-0.2, 0) is 12.8 Å². The predicted molar refractivity (Wildman–Crippen MR) is 71.5 cm³/mol. The highest BCUT2D eigenvalue weighted by atomic mass is 32.1. The van der Waals surface area contributed by atoms with Crippen LogP contribution in [0.4, 0.5) is 0 Å². The van der Waals surface area contributed by atoms with Gasteiger partial charge in [0.05, 0.1) is 17.7 Å². The normalized spacial score (nSPS) is 15.2. The van der Waals surface area contributed by atoms with E-state index in [0.29, 0.717) is 0 Å². The van der Waals surface area contributed by atoms with E-state index in [1.807, 2.05) is 17.6 Å². The van der Waals surface area contributed by atoms with Crippen molar-refractivity contribution >= 4 is 11.3 Å². The fraction of sp³-hybridized carbons (Fsp3) is 0.308. The Labute approximate surface area is 110 Å². The molecular formula is C13H15N3OS. The monoisotopic (exact) mass is 261 g/mol. The first kappa shape index (κ1) is 11.6. The lowest BCUT2D eigenvalue weighted by Crippen LogP contribution is -2.29. The lowest BCUT2D eigenvalue weighted by Gasteiger charge is -2.15. The number of hydrogen-bond acceptors (Lipinski definition) is 5. The van der Waals surface area contributed by atoms with Crippen LogP contribution in [0.2, 0.25) is 0 Å². The highest BCUT2D eigenvalue weighted by Crippen LogP contribution is 2.29. The zero-order valence-corrected chi connectivity index (χ0v) is 10.7. The van der Waals surface area contributed by atoms with Crippen LogP contribution in [0.5, 0.6) is 5.75 Å². The molecule has 0 fully saturated rings. The van der Waals surface area contributed by atoms with Crippen molar-refractivity contribution < 1.29 is 4.74 Å². The van der Waals surface area contributed by atoms with Gasteiger partial charge in [0.1, 0.15) is 5.75 Å². The summed E-state index contributed by atoms with van der Waals surface area (Å²) in [6, 6.07) is 6.38. The van der Waals surface area contributed by atoms with E-state index in [1.54, 1.807) is 11.3 Å². The van der Waals surface area contributed by atoms with E-state index < -0.39 is 0 Å². The second-order valence-corrected chi connectivity index (χ2v) is 5.29. The number of nitrogens with zero attached hydrogens (tertiary/aromatic N) is 1. The number of nitrogens with one attached hydrogen (secondary N) is 1. The van der Waals surface area contributed by atoms with Gasteiger partial charge >= 0.3 is 0 Å². The van der Waals surface area contributed by atoms with E-state index in [1.165, 1.54) is 11.1 Å². The van der Waals surface area contributed by atoms with Crippen molar-refractivity contribution in [3.63, 3.8) is 0 Å².